The van der Waals surface area contributed by atoms with E-state index in [1.165, 1.54) is 0 Å². The van der Waals surface area contributed by atoms with Gasteiger partial charge in [-0.2, -0.15) is 0 Å². The van der Waals surface area contributed by atoms with Crippen molar-refractivity contribution in [2.24, 2.45) is 11.8 Å². The number of halogens is 5. The van der Waals surface area contributed by atoms with Crippen molar-refractivity contribution in [2.45, 2.75) is 25.0 Å². The summed E-state index contributed by atoms with van der Waals surface area (Å²) in [5.41, 5.74) is 1.36. The quantitative estimate of drug-likeness (QED) is 0.385. The first kappa shape index (κ1) is 19.3. The van der Waals surface area contributed by atoms with E-state index in [-0.39, 0.29) is 30.5 Å². The SMILES string of the molecule is COC1=CC2C3Cc4ccccc4C3N(Cc3c(F)c(F)c(F)c(F)c3F)C2C=C1. The fourth-order valence-corrected chi connectivity index (χ4v) is 5.25. The van der Waals surface area contributed by atoms with Gasteiger partial charge >= 0.3 is 0 Å². The molecule has 2 nitrogen and oxygen atoms in total. The van der Waals surface area contributed by atoms with E-state index < -0.39 is 34.6 Å². The first-order valence-electron chi connectivity index (χ1n) is 9.70. The lowest BCUT2D eigenvalue weighted by Crippen LogP contribution is -2.34. The Hall–Kier alpha value is -2.67. The van der Waals surface area contributed by atoms with Crippen molar-refractivity contribution in [1.82, 2.24) is 4.90 Å². The van der Waals surface area contributed by atoms with E-state index >= 15 is 0 Å². The van der Waals surface area contributed by atoms with Crippen molar-refractivity contribution in [3.8, 4) is 0 Å². The van der Waals surface area contributed by atoms with Crippen LogP contribution >= 0.6 is 0 Å². The van der Waals surface area contributed by atoms with E-state index in [2.05, 4.69) is 0 Å². The molecule has 0 radical (unpaired) electrons. The third-order valence-corrected chi connectivity index (χ3v) is 6.56. The van der Waals surface area contributed by atoms with Crippen LogP contribution < -0.4 is 0 Å². The molecule has 1 fully saturated rings. The van der Waals surface area contributed by atoms with Crippen LogP contribution in [0, 0.1) is 40.9 Å². The van der Waals surface area contributed by atoms with Gasteiger partial charge in [-0.05, 0) is 35.6 Å². The number of fused-ring (bicyclic) bond motifs is 5. The zero-order chi connectivity index (χ0) is 21.2. The maximum Gasteiger partial charge on any atom is 0.200 e. The molecule has 7 heteroatoms. The minimum atomic E-state index is -2.14. The van der Waals surface area contributed by atoms with Gasteiger partial charge in [-0.1, -0.05) is 30.3 Å². The number of rotatable bonds is 3. The van der Waals surface area contributed by atoms with Crippen LogP contribution in [0.2, 0.25) is 0 Å². The number of hydrogen-bond donors (Lipinski definition) is 0. The van der Waals surface area contributed by atoms with Gasteiger partial charge < -0.3 is 4.74 Å². The molecule has 0 amide bonds. The minimum Gasteiger partial charge on any atom is -0.497 e. The molecule has 4 unspecified atom stereocenters. The molecule has 30 heavy (non-hydrogen) atoms. The molecule has 2 aromatic carbocycles. The van der Waals surface area contributed by atoms with Gasteiger partial charge in [0, 0.05) is 30.1 Å². The van der Waals surface area contributed by atoms with Crippen LogP contribution in [0.3, 0.4) is 0 Å². The Morgan fingerprint density at radius 2 is 1.63 bits per heavy atom. The Kier molecular flexibility index (Phi) is 4.47. The zero-order valence-electron chi connectivity index (χ0n) is 16.0. The number of nitrogens with zero attached hydrogens (tertiary/aromatic N) is 1. The van der Waals surface area contributed by atoms with Crippen LogP contribution in [0.5, 0.6) is 0 Å². The molecule has 1 heterocycles. The van der Waals surface area contributed by atoms with Crippen LogP contribution in [0.25, 0.3) is 0 Å². The van der Waals surface area contributed by atoms with Crippen LogP contribution in [0.15, 0.2) is 48.3 Å². The number of benzene rings is 2. The monoisotopic (exact) mass is 419 g/mol. The second kappa shape index (κ2) is 6.94. The lowest BCUT2D eigenvalue weighted by Gasteiger charge is -2.31. The number of hydrogen-bond acceptors (Lipinski definition) is 2. The average Bonchev–Trinajstić information content (AvgIpc) is 3.28. The Morgan fingerprint density at radius 3 is 2.33 bits per heavy atom. The van der Waals surface area contributed by atoms with Crippen LogP contribution in [0.4, 0.5) is 22.0 Å². The van der Waals surface area contributed by atoms with Crippen molar-refractivity contribution >= 4 is 0 Å². The topological polar surface area (TPSA) is 12.5 Å². The Morgan fingerprint density at radius 1 is 0.967 bits per heavy atom. The van der Waals surface area contributed by atoms with Gasteiger partial charge in [0.05, 0.1) is 7.11 Å². The summed E-state index contributed by atoms with van der Waals surface area (Å²) in [5, 5.41) is 0. The summed E-state index contributed by atoms with van der Waals surface area (Å²) in [5.74, 6) is -8.69. The second-order valence-corrected chi connectivity index (χ2v) is 7.93. The summed E-state index contributed by atoms with van der Waals surface area (Å²) in [6, 6.07) is 7.38. The lowest BCUT2D eigenvalue weighted by atomic mass is 9.84. The third-order valence-electron chi connectivity index (χ3n) is 6.56. The van der Waals surface area contributed by atoms with E-state index in [4.69, 9.17) is 4.74 Å². The van der Waals surface area contributed by atoms with Crippen LogP contribution in [-0.2, 0) is 17.7 Å². The minimum absolute atomic E-state index is 0.00335. The third kappa shape index (κ3) is 2.64. The van der Waals surface area contributed by atoms with E-state index in [9.17, 15) is 22.0 Å². The molecule has 1 saturated heterocycles. The molecular weight excluding hydrogens is 401 g/mol. The standard InChI is InChI=1S/C23H18F5NO/c1-30-12-6-7-17-14(9-12)15-8-11-4-2-3-5-13(11)23(15)29(17)10-16-18(24)20(26)22(28)21(27)19(16)25/h2-7,9,14-15,17,23H,8,10H2,1H3. The van der Waals surface area contributed by atoms with Gasteiger partial charge in [0.2, 0.25) is 5.82 Å². The highest BCUT2D eigenvalue weighted by Crippen LogP contribution is 2.54. The first-order valence-corrected chi connectivity index (χ1v) is 9.70. The van der Waals surface area contributed by atoms with Crippen LogP contribution in [0.1, 0.15) is 22.7 Å². The highest BCUT2D eigenvalue weighted by Gasteiger charge is 2.52. The predicted molar refractivity (Wildman–Crippen MR) is 99.7 cm³/mol. The molecule has 0 saturated carbocycles. The summed E-state index contributed by atoms with van der Waals surface area (Å²) in [4.78, 5) is 1.85. The molecule has 0 spiro atoms. The molecule has 2 aliphatic carbocycles. The van der Waals surface area contributed by atoms with Crippen molar-refractivity contribution in [3.63, 3.8) is 0 Å². The van der Waals surface area contributed by atoms with Crippen LogP contribution in [-0.4, -0.2) is 18.1 Å². The molecule has 3 aliphatic rings. The Balaban J connectivity index is 1.61. The van der Waals surface area contributed by atoms with Crippen molar-refractivity contribution in [3.05, 3.63) is 94.0 Å². The number of allylic oxidation sites excluding steroid dienone is 1. The van der Waals surface area contributed by atoms with Gasteiger partial charge in [-0.3, -0.25) is 4.90 Å². The maximum absolute atomic E-state index is 14.4. The fourth-order valence-electron chi connectivity index (χ4n) is 5.25. The summed E-state index contributed by atoms with van der Waals surface area (Å²) < 4.78 is 75.3. The predicted octanol–water partition coefficient (Wildman–Crippen LogP) is 5.20. The first-order chi connectivity index (χ1) is 14.4. The highest BCUT2D eigenvalue weighted by molar-refractivity contribution is 5.41. The average molecular weight is 419 g/mol. The number of ether oxygens (including phenoxy) is 1. The van der Waals surface area contributed by atoms with Gasteiger partial charge in [0.25, 0.3) is 0 Å². The molecule has 5 rings (SSSR count). The zero-order valence-corrected chi connectivity index (χ0v) is 16.0. The fraction of sp³-hybridized carbons (Fsp3) is 0.304. The van der Waals surface area contributed by atoms with E-state index in [0.29, 0.717) is 5.76 Å². The maximum atomic E-state index is 14.4. The summed E-state index contributed by atoms with van der Waals surface area (Å²) in [7, 11) is 1.57. The van der Waals surface area contributed by atoms with Gasteiger partial charge in [0.1, 0.15) is 5.76 Å². The largest absolute Gasteiger partial charge is 0.497 e. The summed E-state index contributed by atoms with van der Waals surface area (Å²) in [6.45, 7) is -0.386. The summed E-state index contributed by atoms with van der Waals surface area (Å²) in [6.07, 6.45) is 6.43. The Labute approximate surface area is 170 Å². The lowest BCUT2D eigenvalue weighted by molar-refractivity contribution is 0.188. The smallest absolute Gasteiger partial charge is 0.200 e. The molecule has 0 bridgehead atoms. The van der Waals surface area contributed by atoms with Gasteiger partial charge in [-0.15, -0.1) is 0 Å². The molecule has 0 N–H and O–H groups in total. The second-order valence-electron chi connectivity index (χ2n) is 7.93. The molecule has 2 aromatic rings. The van der Waals surface area contributed by atoms with Crippen molar-refractivity contribution in [2.75, 3.05) is 7.11 Å². The van der Waals surface area contributed by atoms with Crippen molar-refractivity contribution < 1.29 is 26.7 Å². The van der Waals surface area contributed by atoms with E-state index in [1.54, 1.807) is 13.2 Å². The molecule has 0 aromatic heterocycles. The highest BCUT2D eigenvalue weighted by atomic mass is 19.2. The van der Waals surface area contributed by atoms with Crippen molar-refractivity contribution in [1.29, 1.82) is 0 Å². The molecular formula is C23H18F5NO. The molecule has 156 valence electrons. The summed E-state index contributed by atoms with van der Waals surface area (Å²) >= 11 is 0. The molecule has 1 aliphatic heterocycles. The van der Waals surface area contributed by atoms with Gasteiger partial charge in [0.15, 0.2) is 23.3 Å². The van der Waals surface area contributed by atoms with E-state index in [0.717, 1.165) is 17.5 Å². The Bertz CT molecular complexity index is 1070. The normalized spacial score (nSPS) is 26.9. The molecule has 4 atom stereocenters. The number of likely N-dealkylation sites (tertiary alicyclic amines) is 1. The van der Waals surface area contributed by atoms with Gasteiger partial charge in [-0.25, -0.2) is 22.0 Å². The number of methoxy groups -OCH3 is 1. The van der Waals surface area contributed by atoms with E-state index in [1.807, 2.05) is 41.3 Å².